The lowest BCUT2D eigenvalue weighted by atomic mass is 9.61. The second-order valence-electron chi connectivity index (χ2n) is 16.3. The number of hydrogen-bond acceptors (Lipinski definition) is 1. The van der Waals surface area contributed by atoms with Gasteiger partial charge in [-0.15, -0.1) is 0 Å². The number of unbranched alkanes of at least 4 members (excludes halogenated alkanes) is 2. The lowest BCUT2D eigenvalue weighted by Gasteiger charge is -2.44. The van der Waals surface area contributed by atoms with Crippen LogP contribution in [0.3, 0.4) is 0 Å². The minimum absolute atomic E-state index is 0.128. The zero-order chi connectivity index (χ0) is 36.1. The van der Waals surface area contributed by atoms with Gasteiger partial charge in [0, 0.05) is 17.7 Å². The Bertz CT molecular complexity index is 2200. The van der Waals surface area contributed by atoms with Crippen LogP contribution in [0.4, 0.5) is 0 Å². The number of imidazole rings is 1. The summed E-state index contributed by atoms with van der Waals surface area (Å²) in [4.78, 5) is 0. The molecule has 0 N–H and O–H groups in total. The van der Waals surface area contributed by atoms with Crippen molar-refractivity contribution in [3.8, 4) is 28.7 Å². The molecule has 4 heteroatoms. The van der Waals surface area contributed by atoms with Gasteiger partial charge in [-0.3, -0.25) is 0 Å². The van der Waals surface area contributed by atoms with Crippen LogP contribution in [-0.4, -0.2) is 4.57 Å². The van der Waals surface area contributed by atoms with Gasteiger partial charge in [-0.1, -0.05) is 91.1 Å². The van der Waals surface area contributed by atoms with E-state index in [2.05, 4.69) is 154 Å². The van der Waals surface area contributed by atoms with Crippen molar-refractivity contribution < 1.29 is 9.13 Å². The molecule has 1 unspecified atom stereocenters. The Kier molecular flexibility index (Phi) is 9.07. The summed E-state index contributed by atoms with van der Waals surface area (Å²) in [6.45, 7) is 14.6. The third-order valence-electron chi connectivity index (χ3n) is 12.9. The molecular weight excluding hydrogens is 621 g/mol. The molecule has 51 heavy (non-hydrogen) atoms. The maximum Gasteiger partial charge on any atom is 0.290 e. The molecule has 1 aliphatic heterocycles. The van der Waals surface area contributed by atoms with Crippen molar-refractivity contribution >= 4 is 16.6 Å². The fourth-order valence-electron chi connectivity index (χ4n) is 9.69. The largest absolute Gasteiger partial charge is 0.290 e. The first-order valence-electron chi connectivity index (χ1n) is 19.4. The molecule has 0 radical (unpaired) electrons. The maximum absolute atomic E-state index is 9.84. The van der Waals surface area contributed by atoms with E-state index in [1.54, 1.807) is 11.1 Å². The molecule has 5 aromatic rings. The molecule has 0 fully saturated rings. The Balaban J connectivity index is 1.46. The molecule has 2 aromatic heterocycles. The average Bonchev–Trinajstić information content (AvgIpc) is 3.44. The van der Waals surface area contributed by atoms with Gasteiger partial charge in [-0.05, 0) is 108 Å². The zero-order valence-corrected chi connectivity index (χ0v) is 32.2. The van der Waals surface area contributed by atoms with Crippen molar-refractivity contribution in [1.82, 2.24) is 4.57 Å². The summed E-state index contributed by atoms with van der Waals surface area (Å²) in [5.74, 6) is 1.31. The summed E-state index contributed by atoms with van der Waals surface area (Å²) < 4.78 is 7.40. The molecule has 1 atom stereocenters. The molecule has 0 bridgehead atoms. The highest BCUT2D eigenvalue weighted by Gasteiger charge is 2.49. The Morgan fingerprint density at radius 2 is 1.57 bits per heavy atom. The van der Waals surface area contributed by atoms with Crippen molar-refractivity contribution in [2.45, 2.75) is 116 Å². The molecule has 0 saturated heterocycles. The van der Waals surface area contributed by atoms with Crippen LogP contribution in [0.15, 0.2) is 85.1 Å². The quantitative estimate of drug-likeness (QED) is 0.113. The van der Waals surface area contributed by atoms with E-state index in [1.807, 2.05) is 6.07 Å². The molecule has 0 spiro atoms. The second kappa shape index (κ2) is 13.2. The SMILES string of the molecule is CCCCCC1(C)CCC(C)(C)c2cc3c(cc21)[n+](C)c1n3C(CC)(CC)C(=CCc2ccc(C#N)cc2-c2cccc[n+]2C)c2ccccc2-1. The normalized spacial score (nSPS) is 19.4. The Labute approximate surface area is 306 Å². The molecule has 3 heterocycles. The van der Waals surface area contributed by atoms with Crippen LogP contribution >= 0.6 is 0 Å². The summed E-state index contributed by atoms with van der Waals surface area (Å²) in [5, 5.41) is 9.84. The lowest BCUT2D eigenvalue weighted by Crippen LogP contribution is -2.41. The summed E-state index contributed by atoms with van der Waals surface area (Å²) in [7, 11) is 4.38. The number of aromatic nitrogens is 3. The van der Waals surface area contributed by atoms with Crippen molar-refractivity contribution in [3.05, 3.63) is 113 Å². The van der Waals surface area contributed by atoms with Crippen molar-refractivity contribution in [1.29, 1.82) is 5.26 Å². The van der Waals surface area contributed by atoms with Gasteiger partial charge in [0.15, 0.2) is 17.2 Å². The van der Waals surface area contributed by atoms with Gasteiger partial charge in [0.25, 0.3) is 5.82 Å². The standard InChI is InChI=1S/C47H56N4/c1-9-12-16-25-46(6)27-26-45(4,5)39-30-43-42(31-40(39)46)50(8)44-36-19-14-13-18-35(36)38(47(10-2,11-3)51(43)44)24-23-34-22-21-33(32-48)29-37(34)41-20-15-17-28-49(41)7/h13-15,17-22,24,28-31H,9-12,16,23,25-27H2,1-8H3/q+2. The predicted molar refractivity (Wildman–Crippen MR) is 210 cm³/mol. The number of nitriles is 1. The number of allylic oxidation sites excluding steroid dienone is 2. The van der Waals surface area contributed by atoms with Crippen LogP contribution < -0.4 is 9.13 Å². The first kappa shape index (κ1) is 34.9. The monoisotopic (exact) mass is 676 g/mol. The van der Waals surface area contributed by atoms with E-state index in [0.717, 1.165) is 30.5 Å². The highest BCUT2D eigenvalue weighted by molar-refractivity contribution is 5.91. The summed E-state index contributed by atoms with van der Waals surface area (Å²) in [6.07, 6.45) is 15.0. The van der Waals surface area contributed by atoms with E-state index >= 15 is 0 Å². The second-order valence-corrected chi connectivity index (χ2v) is 16.3. The van der Waals surface area contributed by atoms with Gasteiger partial charge in [0.05, 0.1) is 29.8 Å². The van der Waals surface area contributed by atoms with Crippen LogP contribution in [0.1, 0.15) is 121 Å². The molecule has 262 valence electrons. The molecule has 2 aliphatic rings. The lowest BCUT2D eigenvalue weighted by molar-refractivity contribution is -0.660. The molecule has 3 aromatic carbocycles. The van der Waals surface area contributed by atoms with Crippen molar-refractivity contribution in [2.24, 2.45) is 14.1 Å². The average molecular weight is 677 g/mol. The number of nitrogens with zero attached hydrogens (tertiary/aromatic N) is 4. The van der Waals surface area contributed by atoms with E-state index in [-0.39, 0.29) is 16.4 Å². The zero-order valence-electron chi connectivity index (χ0n) is 32.2. The Morgan fingerprint density at radius 1 is 0.824 bits per heavy atom. The number of hydrogen-bond donors (Lipinski definition) is 0. The van der Waals surface area contributed by atoms with E-state index in [9.17, 15) is 5.26 Å². The first-order valence-corrected chi connectivity index (χ1v) is 19.4. The number of rotatable bonds is 9. The smallest absolute Gasteiger partial charge is 0.226 e. The fraction of sp³-hybridized carbons (Fsp3) is 0.426. The predicted octanol–water partition coefficient (Wildman–Crippen LogP) is 10.6. The number of fused-ring (bicyclic) bond motifs is 6. The van der Waals surface area contributed by atoms with E-state index < -0.39 is 0 Å². The molecule has 7 rings (SSSR count). The van der Waals surface area contributed by atoms with Crippen LogP contribution in [0.2, 0.25) is 0 Å². The van der Waals surface area contributed by atoms with E-state index in [0.29, 0.717) is 5.56 Å². The minimum atomic E-state index is -0.217. The fourth-order valence-corrected chi connectivity index (χ4v) is 9.69. The topological polar surface area (TPSA) is 36.5 Å². The van der Waals surface area contributed by atoms with Crippen LogP contribution in [0, 0.1) is 11.3 Å². The number of aryl methyl sites for hydroxylation is 2. The third kappa shape index (κ3) is 5.56. The first-order chi connectivity index (χ1) is 24.5. The van der Waals surface area contributed by atoms with E-state index in [1.165, 1.54) is 77.6 Å². The van der Waals surface area contributed by atoms with Gasteiger partial charge in [-0.2, -0.15) is 5.26 Å². The molecular formula is C47H56N4+2. The Morgan fingerprint density at radius 3 is 2.27 bits per heavy atom. The van der Waals surface area contributed by atoms with Crippen LogP contribution in [0.25, 0.3) is 39.3 Å². The number of benzene rings is 3. The maximum atomic E-state index is 9.84. The van der Waals surface area contributed by atoms with Crippen molar-refractivity contribution in [3.63, 3.8) is 0 Å². The van der Waals surface area contributed by atoms with Gasteiger partial charge in [0.1, 0.15) is 12.6 Å². The molecule has 4 nitrogen and oxygen atoms in total. The summed E-state index contributed by atoms with van der Waals surface area (Å²) in [6, 6.07) is 29.2. The Hall–Kier alpha value is -4.49. The third-order valence-corrected chi connectivity index (χ3v) is 12.9. The highest BCUT2D eigenvalue weighted by Crippen LogP contribution is 2.53. The molecule has 1 aliphatic carbocycles. The van der Waals surface area contributed by atoms with Gasteiger partial charge >= 0.3 is 0 Å². The summed E-state index contributed by atoms with van der Waals surface area (Å²) in [5.41, 5.74) is 14.1. The van der Waals surface area contributed by atoms with Gasteiger partial charge < -0.3 is 0 Å². The van der Waals surface area contributed by atoms with Crippen LogP contribution in [0.5, 0.6) is 0 Å². The van der Waals surface area contributed by atoms with Gasteiger partial charge in [-0.25, -0.2) is 13.7 Å². The molecule has 0 saturated carbocycles. The minimum Gasteiger partial charge on any atom is -0.226 e. The van der Waals surface area contributed by atoms with E-state index in [4.69, 9.17) is 0 Å². The van der Waals surface area contributed by atoms with Crippen LogP contribution in [-0.2, 0) is 36.9 Å². The van der Waals surface area contributed by atoms with Crippen molar-refractivity contribution in [2.75, 3.05) is 0 Å². The molecule has 0 amide bonds. The van der Waals surface area contributed by atoms with Gasteiger partial charge in [0.2, 0.25) is 5.69 Å². The number of pyridine rings is 1. The summed E-state index contributed by atoms with van der Waals surface area (Å²) >= 11 is 0. The highest BCUT2D eigenvalue weighted by atomic mass is 15.2.